The minimum absolute atomic E-state index is 1.18. The lowest BCUT2D eigenvalue weighted by atomic mass is 9.75. The van der Waals surface area contributed by atoms with E-state index in [-0.39, 0.29) is 0 Å². The van der Waals surface area contributed by atoms with Crippen LogP contribution in [-0.2, 0) is 0 Å². The van der Waals surface area contributed by atoms with E-state index in [1.807, 2.05) is 0 Å². The molecule has 0 saturated carbocycles. The van der Waals surface area contributed by atoms with Crippen LogP contribution in [-0.4, -0.2) is 0 Å². The van der Waals surface area contributed by atoms with Crippen LogP contribution in [0.15, 0.2) is 267 Å². The van der Waals surface area contributed by atoms with Crippen molar-refractivity contribution in [1.82, 2.24) is 0 Å². The van der Waals surface area contributed by atoms with Crippen molar-refractivity contribution in [2.24, 2.45) is 0 Å². The summed E-state index contributed by atoms with van der Waals surface area (Å²) in [5.74, 6) is 0. The van der Waals surface area contributed by atoms with Gasteiger partial charge in [-0.2, -0.15) is 0 Å². The van der Waals surface area contributed by atoms with Crippen LogP contribution in [0.25, 0.3) is 121 Å². The lowest BCUT2D eigenvalue weighted by Gasteiger charge is -2.27. The molecule has 0 N–H and O–H groups in total. The molecule has 0 aliphatic heterocycles. The van der Waals surface area contributed by atoms with E-state index in [9.17, 15) is 0 Å². The van der Waals surface area contributed by atoms with Crippen LogP contribution in [0.3, 0.4) is 0 Å². The highest BCUT2D eigenvalue weighted by atomic mass is 14.3. The van der Waals surface area contributed by atoms with Gasteiger partial charge in [0.05, 0.1) is 0 Å². The van der Waals surface area contributed by atoms with Crippen molar-refractivity contribution in [3.63, 3.8) is 0 Å². The zero-order valence-corrected chi connectivity index (χ0v) is 36.4. The van der Waals surface area contributed by atoms with Gasteiger partial charge in [0.1, 0.15) is 0 Å². The quantitative estimate of drug-likeness (QED) is 0.134. The maximum atomic E-state index is 2.50. The van der Waals surface area contributed by atoms with Crippen molar-refractivity contribution in [2.45, 2.75) is 0 Å². The van der Waals surface area contributed by atoms with Gasteiger partial charge in [0.2, 0.25) is 0 Å². The Morgan fingerprint density at radius 2 is 0.303 bits per heavy atom. The zero-order chi connectivity index (χ0) is 43.8. The minimum Gasteiger partial charge on any atom is -0.0622 e. The first-order valence-corrected chi connectivity index (χ1v) is 22.8. The Hall–Kier alpha value is -8.58. The molecule has 0 saturated heterocycles. The SMILES string of the molecule is c1ccc(-c2cc3c(-c4ccccc4)c4c(-c5ccccc5)c5cc(-c6ccccc6)c(-c6ccccc6)cc5c(-c5ccccc5)c4c(-c4ccccc4)c3cc2-c2ccccc2)cc1. The molecule has 12 rings (SSSR count). The molecule has 0 aromatic heterocycles. The van der Waals surface area contributed by atoms with Crippen molar-refractivity contribution in [2.75, 3.05) is 0 Å². The van der Waals surface area contributed by atoms with Crippen LogP contribution in [0.2, 0.25) is 0 Å². The van der Waals surface area contributed by atoms with Crippen molar-refractivity contribution >= 4 is 32.3 Å². The summed E-state index contributed by atoms with van der Waals surface area (Å²) in [6, 6.07) is 98.2. The molecule has 0 nitrogen and oxygen atoms in total. The van der Waals surface area contributed by atoms with Gasteiger partial charge < -0.3 is 0 Å². The first-order valence-electron chi connectivity index (χ1n) is 22.8. The summed E-state index contributed by atoms with van der Waals surface area (Å²) in [6.45, 7) is 0. The molecule has 66 heavy (non-hydrogen) atoms. The third-order valence-corrected chi connectivity index (χ3v) is 13.2. The predicted molar refractivity (Wildman–Crippen MR) is 282 cm³/mol. The Bertz CT molecular complexity index is 3170. The van der Waals surface area contributed by atoms with Gasteiger partial charge in [0.15, 0.2) is 0 Å². The van der Waals surface area contributed by atoms with Gasteiger partial charge in [0.25, 0.3) is 0 Å². The van der Waals surface area contributed by atoms with Crippen LogP contribution in [0, 0.1) is 0 Å². The molecular weight excluding hydrogens is 793 g/mol. The van der Waals surface area contributed by atoms with Gasteiger partial charge in [-0.05, 0) is 146 Å². The fraction of sp³-hybridized carbons (Fsp3) is 0. The molecule has 0 bridgehead atoms. The van der Waals surface area contributed by atoms with E-state index in [2.05, 4.69) is 267 Å². The minimum atomic E-state index is 1.18. The molecule has 0 aliphatic rings. The molecule has 12 aromatic rings. The molecule has 0 radical (unpaired) electrons. The van der Waals surface area contributed by atoms with Gasteiger partial charge in [-0.3, -0.25) is 0 Å². The summed E-state index contributed by atoms with van der Waals surface area (Å²) < 4.78 is 0. The van der Waals surface area contributed by atoms with E-state index in [1.54, 1.807) is 0 Å². The number of hydrogen-bond acceptors (Lipinski definition) is 0. The van der Waals surface area contributed by atoms with E-state index in [0.29, 0.717) is 0 Å². The largest absolute Gasteiger partial charge is 0.0622 e. The van der Waals surface area contributed by atoms with Crippen LogP contribution >= 0.6 is 0 Å². The van der Waals surface area contributed by atoms with E-state index in [4.69, 9.17) is 0 Å². The summed E-state index contributed by atoms with van der Waals surface area (Å²) in [7, 11) is 0. The maximum Gasteiger partial charge on any atom is -0.000138 e. The Labute approximate surface area is 386 Å². The number of hydrogen-bond donors (Lipinski definition) is 0. The van der Waals surface area contributed by atoms with Crippen molar-refractivity contribution in [1.29, 1.82) is 0 Å². The molecule has 0 unspecified atom stereocenters. The summed E-state index contributed by atoms with van der Waals surface area (Å²) in [5, 5.41) is 7.33. The molecule has 0 fully saturated rings. The summed E-state index contributed by atoms with van der Waals surface area (Å²) in [5.41, 5.74) is 19.2. The van der Waals surface area contributed by atoms with E-state index in [0.717, 1.165) is 0 Å². The van der Waals surface area contributed by atoms with Crippen molar-refractivity contribution in [3.05, 3.63) is 267 Å². The topological polar surface area (TPSA) is 0 Å². The highest BCUT2D eigenvalue weighted by molar-refractivity contribution is 6.35. The number of fused-ring (bicyclic) bond motifs is 3. The highest BCUT2D eigenvalue weighted by Crippen LogP contribution is 2.56. The molecule has 12 aromatic carbocycles. The molecule has 308 valence electrons. The van der Waals surface area contributed by atoms with Gasteiger partial charge >= 0.3 is 0 Å². The zero-order valence-electron chi connectivity index (χ0n) is 36.4. The third kappa shape index (κ3) is 6.79. The smallest absolute Gasteiger partial charge is 0.000138 e. The van der Waals surface area contributed by atoms with Gasteiger partial charge in [-0.1, -0.05) is 243 Å². The van der Waals surface area contributed by atoms with E-state index < -0.39 is 0 Å². The highest BCUT2D eigenvalue weighted by Gasteiger charge is 2.28. The fourth-order valence-electron chi connectivity index (χ4n) is 10.4. The van der Waals surface area contributed by atoms with Crippen LogP contribution < -0.4 is 0 Å². The number of benzene rings is 12. The first-order chi connectivity index (χ1) is 32.8. The Morgan fingerprint density at radius 1 is 0.152 bits per heavy atom. The summed E-state index contributed by atoms with van der Waals surface area (Å²) in [4.78, 5) is 0. The maximum absolute atomic E-state index is 2.50. The first kappa shape index (κ1) is 39.0. The molecule has 0 aliphatic carbocycles. The van der Waals surface area contributed by atoms with E-state index >= 15 is 0 Å². The number of rotatable bonds is 8. The molecule has 0 atom stereocenters. The molecule has 0 amide bonds. The monoisotopic (exact) mass is 836 g/mol. The van der Waals surface area contributed by atoms with Crippen molar-refractivity contribution < 1.29 is 0 Å². The average molecular weight is 837 g/mol. The molecule has 0 spiro atoms. The summed E-state index contributed by atoms with van der Waals surface area (Å²) >= 11 is 0. The second-order valence-corrected chi connectivity index (χ2v) is 17.1. The third-order valence-electron chi connectivity index (χ3n) is 13.2. The Kier molecular flexibility index (Phi) is 9.97. The molecular formula is C66H44. The Morgan fingerprint density at radius 3 is 0.470 bits per heavy atom. The Balaban J connectivity index is 1.42. The lowest BCUT2D eigenvalue weighted by molar-refractivity contribution is 1.59. The van der Waals surface area contributed by atoms with Crippen molar-refractivity contribution in [3.8, 4) is 89.0 Å². The standard InChI is InChI=1S/C66H44/c1-9-25-45(26-10-1)53-41-57-58(42-54(53)46-27-11-2-12-28-46)62(50-35-19-6-20-36-50)66-64(52-39-23-8-24-40-52)60-44-56(48-31-15-4-16-32-48)55(47-29-13-3-14-30-47)43-59(60)63(51-37-21-7-22-38-51)65(66)61(57)49-33-17-5-18-34-49/h1-44H. The van der Waals surface area contributed by atoms with Gasteiger partial charge in [0, 0.05) is 0 Å². The molecule has 0 heteroatoms. The average Bonchev–Trinajstić information content (AvgIpc) is 3.41. The van der Waals surface area contributed by atoms with E-state index in [1.165, 1.54) is 121 Å². The summed E-state index contributed by atoms with van der Waals surface area (Å²) in [6.07, 6.45) is 0. The lowest BCUT2D eigenvalue weighted by Crippen LogP contribution is -1.99. The van der Waals surface area contributed by atoms with Gasteiger partial charge in [-0.25, -0.2) is 0 Å². The molecule has 0 heterocycles. The van der Waals surface area contributed by atoms with Crippen LogP contribution in [0.1, 0.15) is 0 Å². The second kappa shape index (κ2) is 16.8. The predicted octanol–water partition coefficient (Wildman–Crippen LogP) is 18.5. The fourth-order valence-corrected chi connectivity index (χ4v) is 10.4. The van der Waals surface area contributed by atoms with Crippen LogP contribution in [0.4, 0.5) is 0 Å². The normalized spacial score (nSPS) is 11.3. The second-order valence-electron chi connectivity index (χ2n) is 17.1. The van der Waals surface area contributed by atoms with Crippen LogP contribution in [0.5, 0.6) is 0 Å². The van der Waals surface area contributed by atoms with Gasteiger partial charge in [-0.15, -0.1) is 0 Å².